The molecule has 0 bridgehead atoms. The van der Waals surface area contributed by atoms with Crippen molar-refractivity contribution in [2.24, 2.45) is 0 Å². The second-order valence-electron chi connectivity index (χ2n) is 5.48. The first-order valence-electron chi connectivity index (χ1n) is 7.43. The molecule has 3 rings (SSSR count). The van der Waals surface area contributed by atoms with E-state index in [1.54, 1.807) is 48.5 Å². The lowest BCUT2D eigenvalue weighted by molar-refractivity contribution is -0.116. The number of carbonyl (C=O) groups is 2. The predicted molar refractivity (Wildman–Crippen MR) is 98.3 cm³/mol. The third-order valence-corrected chi connectivity index (χ3v) is 4.13. The number of benzene rings is 2. The Balaban J connectivity index is 1.69. The molecule has 0 saturated heterocycles. The van der Waals surface area contributed by atoms with Crippen molar-refractivity contribution < 1.29 is 14.0 Å². The van der Waals surface area contributed by atoms with E-state index in [1.165, 1.54) is 11.9 Å². The van der Waals surface area contributed by atoms with Crippen LogP contribution in [-0.4, -0.2) is 30.3 Å². The van der Waals surface area contributed by atoms with Gasteiger partial charge in [0.1, 0.15) is 5.58 Å². The highest BCUT2D eigenvalue weighted by atomic mass is 35.5. The summed E-state index contributed by atoms with van der Waals surface area (Å²) in [4.78, 5) is 25.8. The molecule has 0 radical (unpaired) electrons. The number of halogens is 2. The van der Waals surface area contributed by atoms with E-state index in [1.807, 2.05) is 0 Å². The number of nitrogens with zero attached hydrogens (tertiary/aromatic N) is 1. The molecule has 1 aromatic heterocycles. The zero-order valence-electron chi connectivity index (χ0n) is 13.3. The van der Waals surface area contributed by atoms with Crippen LogP contribution in [0.5, 0.6) is 0 Å². The van der Waals surface area contributed by atoms with Crippen molar-refractivity contribution in [3.63, 3.8) is 0 Å². The van der Waals surface area contributed by atoms with E-state index in [-0.39, 0.29) is 18.2 Å². The van der Waals surface area contributed by atoms with E-state index in [2.05, 4.69) is 5.32 Å². The largest absolute Gasteiger partial charge is 0.451 e. The van der Waals surface area contributed by atoms with Crippen LogP contribution >= 0.6 is 23.2 Å². The van der Waals surface area contributed by atoms with Crippen LogP contribution in [0.3, 0.4) is 0 Å². The Labute approximate surface area is 154 Å². The van der Waals surface area contributed by atoms with Crippen LogP contribution in [0.4, 0.5) is 5.69 Å². The van der Waals surface area contributed by atoms with Gasteiger partial charge in [0.2, 0.25) is 5.91 Å². The van der Waals surface area contributed by atoms with Gasteiger partial charge in [-0.05, 0) is 36.4 Å². The quantitative estimate of drug-likeness (QED) is 0.731. The second kappa shape index (κ2) is 7.17. The van der Waals surface area contributed by atoms with Crippen molar-refractivity contribution >= 4 is 51.7 Å². The van der Waals surface area contributed by atoms with Gasteiger partial charge in [0.15, 0.2) is 5.76 Å². The highest BCUT2D eigenvalue weighted by molar-refractivity contribution is 6.33. The van der Waals surface area contributed by atoms with Crippen molar-refractivity contribution in [1.82, 2.24) is 4.90 Å². The summed E-state index contributed by atoms with van der Waals surface area (Å²) in [7, 11) is 1.52. The number of amides is 2. The van der Waals surface area contributed by atoms with Gasteiger partial charge in [-0.3, -0.25) is 9.59 Å². The molecule has 0 saturated carbocycles. The lowest BCUT2D eigenvalue weighted by Crippen LogP contribution is -2.34. The van der Waals surface area contributed by atoms with Gasteiger partial charge >= 0.3 is 0 Å². The Morgan fingerprint density at radius 2 is 1.88 bits per heavy atom. The van der Waals surface area contributed by atoms with E-state index < -0.39 is 5.91 Å². The standard InChI is InChI=1S/C18H14Cl2N2O3/c1-22(10-17(23)21-14-5-3-2-4-13(14)20)18(24)16-9-11-8-12(19)6-7-15(11)25-16/h2-9H,10H2,1H3,(H,21,23). The van der Waals surface area contributed by atoms with Gasteiger partial charge in [-0.2, -0.15) is 0 Å². The molecule has 3 aromatic rings. The summed E-state index contributed by atoms with van der Waals surface area (Å²) < 4.78 is 5.52. The highest BCUT2D eigenvalue weighted by Gasteiger charge is 2.19. The maximum Gasteiger partial charge on any atom is 0.289 e. The molecular formula is C18H14Cl2N2O3. The number of para-hydroxylation sites is 1. The molecule has 25 heavy (non-hydrogen) atoms. The Hall–Kier alpha value is -2.50. The lowest BCUT2D eigenvalue weighted by atomic mass is 10.2. The van der Waals surface area contributed by atoms with E-state index in [4.69, 9.17) is 27.6 Å². The fourth-order valence-electron chi connectivity index (χ4n) is 2.35. The minimum Gasteiger partial charge on any atom is -0.451 e. The molecule has 0 spiro atoms. The van der Waals surface area contributed by atoms with Crippen molar-refractivity contribution in [2.75, 3.05) is 18.9 Å². The van der Waals surface area contributed by atoms with Gasteiger partial charge in [-0.1, -0.05) is 35.3 Å². The minimum atomic E-state index is -0.401. The highest BCUT2D eigenvalue weighted by Crippen LogP contribution is 2.24. The first kappa shape index (κ1) is 17.3. The number of furan rings is 1. The molecule has 5 nitrogen and oxygen atoms in total. The van der Waals surface area contributed by atoms with Crippen LogP contribution in [0.15, 0.2) is 52.9 Å². The van der Waals surface area contributed by atoms with Crippen LogP contribution in [0.1, 0.15) is 10.6 Å². The minimum absolute atomic E-state index is 0.137. The second-order valence-corrected chi connectivity index (χ2v) is 6.33. The molecule has 0 fully saturated rings. The molecule has 128 valence electrons. The number of hydrogen-bond acceptors (Lipinski definition) is 3. The Bertz CT molecular complexity index is 952. The summed E-state index contributed by atoms with van der Waals surface area (Å²) in [6.07, 6.45) is 0. The SMILES string of the molecule is CN(CC(=O)Nc1ccccc1Cl)C(=O)c1cc2cc(Cl)ccc2o1. The third-order valence-electron chi connectivity index (χ3n) is 3.56. The van der Waals surface area contributed by atoms with E-state index >= 15 is 0 Å². The van der Waals surface area contributed by atoms with Gasteiger partial charge in [-0.15, -0.1) is 0 Å². The molecule has 0 aliphatic heterocycles. The van der Waals surface area contributed by atoms with Crippen LogP contribution in [0, 0.1) is 0 Å². The molecule has 0 atom stereocenters. The monoisotopic (exact) mass is 376 g/mol. The summed E-state index contributed by atoms with van der Waals surface area (Å²) in [6.45, 7) is -0.137. The average Bonchev–Trinajstić information content (AvgIpc) is 2.99. The molecule has 2 aromatic carbocycles. The summed E-state index contributed by atoms with van der Waals surface area (Å²) >= 11 is 11.9. The van der Waals surface area contributed by atoms with E-state index in [9.17, 15) is 9.59 Å². The summed E-state index contributed by atoms with van der Waals surface area (Å²) in [5.74, 6) is -0.616. The number of anilines is 1. The molecule has 0 aliphatic rings. The van der Waals surface area contributed by atoms with Gasteiger partial charge in [0.25, 0.3) is 5.91 Å². The normalized spacial score (nSPS) is 10.7. The van der Waals surface area contributed by atoms with Gasteiger partial charge < -0.3 is 14.6 Å². The number of rotatable bonds is 4. The Morgan fingerprint density at radius 3 is 2.64 bits per heavy atom. The van der Waals surface area contributed by atoms with Crippen LogP contribution in [-0.2, 0) is 4.79 Å². The number of hydrogen-bond donors (Lipinski definition) is 1. The maximum atomic E-state index is 12.4. The lowest BCUT2D eigenvalue weighted by Gasteiger charge is -2.15. The molecule has 1 heterocycles. The fourth-order valence-corrected chi connectivity index (χ4v) is 2.71. The summed E-state index contributed by atoms with van der Waals surface area (Å²) in [5, 5.41) is 4.38. The first-order chi connectivity index (χ1) is 11.9. The average molecular weight is 377 g/mol. The molecule has 7 heteroatoms. The molecule has 2 amide bonds. The number of likely N-dealkylation sites (N-methyl/N-ethyl adjacent to an activating group) is 1. The fraction of sp³-hybridized carbons (Fsp3) is 0.111. The summed E-state index contributed by atoms with van der Waals surface area (Å²) in [6, 6.07) is 13.6. The zero-order chi connectivity index (χ0) is 18.0. The molecule has 1 N–H and O–H groups in total. The molecule has 0 unspecified atom stereocenters. The predicted octanol–water partition coefficient (Wildman–Crippen LogP) is 4.45. The number of carbonyl (C=O) groups excluding carboxylic acids is 2. The van der Waals surface area contributed by atoms with Gasteiger partial charge in [0.05, 0.1) is 17.3 Å². The van der Waals surface area contributed by atoms with Crippen LogP contribution in [0.2, 0.25) is 10.0 Å². The van der Waals surface area contributed by atoms with E-state index in [0.717, 1.165) is 5.39 Å². The smallest absolute Gasteiger partial charge is 0.289 e. The zero-order valence-corrected chi connectivity index (χ0v) is 14.8. The number of nitrogens with one attached hydrogen (secondary N) is 1. The van der Waals surface area contributed by atoms with Gasteiger partial charge in [0, 0.05) is 17.5 Å². The Morgan fingerprint density at radius 1 is 1.12 bits per heavy atom. The third kappa shape index (κ3) is 3.95. The molecular weight excluding hydrogens is 363 g/mol. The number of fused-ring (bicyclic) bond motifs is 1. The summed E-state index contributed by atoms with van der Waals surface area (Å²) in [5.41, 5.74) is 1.05. The van der Waals surface area contributed by atoms with Crippen LogP contribution < -0.4 is 5.32 Å². The molecule has 0 aliphatic carbocycles. The maximum absolute atomic E-state index is 12.4. The van der Waals surface area contributed by atoms with Gasteiger partial charge in [-0.25, -0.2) is 0 Å². The van der Waals surface area contributed by atoms with Crippen molar-refractivity contribution in [3.05, 3.63) is 64.3 Å². The first-order valence-corrected chi connectivity index (χ1v) is 8.18. The van der Waals surface area contributed by atoms with Crippen molar-refractivity contribution in [2.45, 2.75) is 0 Å². The van der Waals surface area contributed by atoms with Crippen molar-refractivity contribution in [3.8, 4) is 0 Å². The van der Waals surface area contributed by atoms with E-state index in [0.29, 0.717) is 21.3 Å². The Kier molecular flexibility index (Phi) is 4.97. The van der Waals surface area contributed by atoms with Crippen molar-refractivity contribution in [1.29, 1.82) is 0 Å². The van der Waals surface area contributed by atoms with Crippen LogP contribution in [0.25, 0.3) is 11.0 Å². The topological polar surface area (TPSA) is 62.6 Å².